The zero-order valence-electron chi connectivity index (χ0n) is 10.5. The summed E-state index contributed by atoms with van der Waals surface area (Å²) in [7, 11) is 1.60. The number of ether oxygens (including phenoxy) is 2. The van der Waals surface area contributed by atoms with Gasteiger partial charge in [-0.3, -0.25) is 4.79 Å². The van der Waals surface area contributed by atoms with Crippen LogP contribution in [0.25, 0.3) is 6.08 Å². The molecular formula is C14H18O3. The van der Waals surface area contributed by atoms with Gasteiger partial charge in [-0.25, -0.2) is 0 Å². The molecule has 0 aliphatic rings. The Morgan fingerprint density at radius 2 is 2.18 bits per heavy atom. The molecule has 0 fully saturated rings. The molecule has 0 saturated heterocycles. The minimum atomic E-state index is 0.00642. The maximum absolute atomic E-state index is 10.9. The van der Waals surface area contributed by atoms with Crippen molar-refractivity contribution >= 4 is 11.9 Å². The fourth-order valence-electron chi connectivity index (χ4n) is 1.42. The Morgan fingerprint density at radius 3 is 2.76 bits per heavy atom. The van der Waals surface area contributed by atoms with E-state index in [0.717, 1.165) is 12.0 Å². The summed E-state index contributed by atoms with van der Waals surface area (Å²) in [5.74, 6) is 1.38. The van der Waals surface area contributed by atoms with E-state index in [4.69, 9.17) is 9.47 Å². The van der Waals surface area contributed by atoms with Gasteiger partial charge in [-0.1, -0.05) is 19.1 Å². The normalized spacial score (nSPS) is 10.5. The molecule has 3 nitrogen and oxygen atoms in total. The lowest BCUT2D eigenvalue weighted by atomic mass is 10.1. The number of ketones is 1. The van der Waals surface area contributed by atoms with Crippen LogP contribution in [0.15, 0.2) is 24.3 Å². The first-order valence-electron chi connectivity index (χ1n) is 5.67. The van der Waals surface area contributed by atoms with E-state index in [1.54, 1.807) is 13.2 Å². The lowest BCUT2D eigenvalue weighted by molar-refractivity contribution is -0.112. The molecule has 0 atom stereocenters. The third-order valence-electron chi connectivity index (χ3n) is 2.17. The number of hydrogen-bond donors (Lipinski definition) is 0. The van der Waals surface area contributed by atoms with Gasteiger partial charge in [0.2, 0.25) is 0 Å². The molecule has 0 aromatic heterocycles. The van der Waals surface area contributed by atoms with Gasteiger partial charge < -0.3 is 9.47 Å². The van der Waals surface area contributed by atoms with Gasteiger partial charge in [0, 0.05) is 5.56 Å². The highest BCUT2D eigenvalue weighted by atomic mass is 16.5. The van der Waals surface area contributed by atoms with Crippen LogP contribution < -0.4 is 9.47 Å². The number of allylic oxidation sites excluding steroid dienone is 1. The first-order chi connectivity index (χ1) is 8.19. The molecule has 0 aliphatic heterocycles. The third kappa shape index (κ3) is 3.94. The van der Waals surface area contributed by atoms with Crippen molar-refractivity contribution in [2.75, 3.05) is 13.7 Å². The topological polar surface area (TPSA) is 35.5 Å². The fourth-order valence-corrected chi connectivity index (χ4v) is 1.42. The van der Waals surface area contributed by atoms with Crippen molar-refractivity contribution in [3.05, 3.63) is 29.8 Å². The summed E-state index contributed by atoms with van der Waals surface area (Å²) in [6, 6.07) is 5.63. The Kier molecular flexibility index (Phi) is 5.27. The summed E-state index contributed by atoms with van der Waals surface area (Å²) >= 11 is 0. The molecule has 0 N–H and O–H groups in total. The molecule has 3 heteroatoms. The Labute approximate surface area is 102 Å². The van der Waals surface area contributed by atoms with Crippen molar-refractivity contribution in [1.29, 1.82) is 0 Å². The van der Waals surface area contributed by atoms with E-state index in [-0.39, 0.29) is 5.78 Å². The van der Waals surface area contributed by atoms with Crippen LogP contribution in [0.5, 0.6) is 11.5 Å². The molecule has 0 amide bonds. The zero-order valence-corrected chi connectivity index (χ0v) is 10.5. The summed E-state index contributed by atoms with van der Waals surface area (Å²) in [5.41, 5.74) is 0.844. The lowest BCUT2D eigenvalue weighted by Gasteiger charge is -2.12. The van der Waals surface area contributed by atoms with E-state index in [9.17, 15) is 4.79 Å². The minimum absolute atomic E-state index is 0.00642. The Hall–Kier alpha value is -1.77. The Balaban J connectivity index is 3.00. The molecular weight excluding hydrogens is 216 g/mol. The molecule has 0 unspecified atom stereocenters. The molecule has 1 rings (SSSR count). The van der Waals surface area contributed by atoms with Crippen LogP contribution in [-0.4, -0.2) is 19.5 Å². The first kappa shape index (κ1) is 13.3. The van der Waals surface area contributed by atoms with Crippen LogP contribution in [0.4, 0.5) is 0 Å². The highest BCUT2D eigenvalue weighted by molar-refractivity contribution is 5.92. The van der Waals surface area contributed by atoms with Crippen molar-refractivity contribution in [3.63, 3.8) is 0 Å². The quantitative estimate of drug-likeness (QED) is 0.709. The van der Waals surface area contributed by atoms with Gasteiger partial charge in [0.05, 0.1) is 13.7 Å². The van der Waals surface area contributed by atoms with E-state index in [1.165, 1.54) is 13.0 Å². The van der Waals surface area contributed by atoms with Gasteiger partial charge in [-0.2, -0.15) is 0 Å². The predicted octanol–water partition coefficient (Wildman–Crippen LogP) is 3.09. The van der Waals surface area contributed by atoms with Gasteiger partial charge in [0.25, 0.3) is 0 Å². The van der Waals surface area contributed by atoms with Crippen molar-refractivity contribution in [3.8, 4) is 11.5 Å². The van der Waals surface area contributed by atoms with Gasteiger partial charge in [-0.05, 0) is 31.6 Å². The molecule has 0 aliphatic carbocycles. The fraction of sp³-hybridized carbons (Fsp3) is 0.357. The maximum Gasteiger partial charge on any atom is 0.167 e. The number of hydrogen-bond acceptors (Lipinski definition) is 3. The predicted molar refractivity (Wildman–Crippen MR) is 68.5 cm³/mol. The smallest absolute Gasteiger partial charge is 0.167 e. The van der Waals surface area contributed by atoms with Crippen LogP contribution in [0.1, 0.15) is 25.8 Å². The van der Waals surface area contributed by atoms with Crippen LogP contribution in [0.3, 0.4) is 0 Å². The number of carbonyl (C=O) groups excluding carboxylic acids is 1. The number of benzene rings is 1. The molecule has 17 heavy (non-hydrogen) atoms. The lowest BCUT2D eigenvalue weighted by Crippen LogP contribution is -1.98. The van der Waals surface area contributed by atoms with Crippen LogP contribution in [0.2, 0.25) is 0 Å². The van der Waals surface area contributed by atoms with Crippen molar-refractivity contribution in [2.24, 2.45) is 0 Å². The van der Waals surface area contributed by atoms with Crippen molar-refractivity contribution < 1.29 is 14.3 Å². The van der Waals surface area contributed by atoms with Gasteiger partial charge >= 0.3 is 0 Å². The standard InChI is InChI=1S/C14H18O3/c1-4-10-17-13-7-5-6-12(14(13)16-3)9-8-11(2)15/h5-9H,4,10H2,1-3H3/b9-8+. The number of para-hydroxylation sites is 1. The number of methoxy groups -OCH3 is 1. The molecule has 1 aromatic carbocycles. The van der Waals surface area contributed by atoms with Crippen molar-refractivity contribution in [2.45, 2.75) is 20.3 Å². The second-order valence-electron chi connectivity index (χ2n) is 3.67. The average Bonchev–Trinajstić information content (AvgIpc) is 2.33. The summed E-state index contributed by atoms with van der Waals surface area (Å²) in [6.07, 6.45) is 4.19. The van der Waals surface area contributed by atoms with Gasteiger partial charge in [0.1, 0.15) is 0 Å². The van der Waals surface area contributed by atoms with E-state index < -0.39 is 0 Å². The zero-order chi connectivity index (χ0) is 12.7. The second kappa shape index (κ2) is 6.74. The van der Waals surface area contributed by atoms with Crippen LogP contribution in [0, 0.1) is 0 Å². The summed E-state index contributed by atoms with van der Waals surface area (Å²) in [5, 5.41) is 0. The third-order valence-corrected chi connectivity index (χ3v) is 2.17. The summed E-state index contributed by atoms with van der Waals surface area (Å²) in [6.45, 7) is 4.21. The van der Waals surface area contributed by atoms with Gasteiger partial charge in [0.15, 0.2) is 17.3 Å². The number of rotatable bonds is 6. The molecule has 0 heterocycles. The summed E-state index contributed by atoms with van der Waals surface area (Å²) in [4.78, 5) is 10.9. The largest absolute Gasteiger partial charge is 0.492 e. The molecule has 1 aromatic rings. The Morgan fingerprint density at radius 1 is 1.41 bits per heavy atom. The monoisotopic (exact) mass is 234 g/mol. The van der Waals surface area contributed by atoms with Crippen LogP contribution >= 0.6 is 0 Å². The SMILES string of the molecule is CCCOc1cccc(/C=C/C(C)=O)c1OC. The minimum Gasteiger partial charge on any atom is -0.492 e. The highest BCUT2D eigenvalue weighted by Crippen LogP contribution is 2.31. The van der Waals surface area contributed by atoms with Gasteiger partial charge in [-0.15, -0.1) is 0 Å². The summed E-state index contributed by atoms with van der Waals surface area (Å²) < 4.78 is 10.9. The van der Waals surface area contributed by atoms with E-state index in [0.29, 0.717) is 18.1 Å². The van der Waals surface area contributed by atoms with E-state index in [2.05, 4.69) is 0 Å². The van der Waals surface area contributed by atoms with E-state index >= 15 is 0 Å². The average molecular weight is 234 g/mol. The maximum atomic E-state index is 10.9. The highest BCUT2D eigenvalue weighted by Gasteiger charge is 2.07. The molecule has 0 radical (unpaired) electrons. The van der Waals surface area contributed by atoms with E-state index in [1.807, 2.05) is 25.1 Å². The Bertz CT molecular complexity index is 408. The molecule has 0 bridgehead atoms. The molecule has 92 valence electrons. The van der Waals surface area contributed by atoms with Crippen molar-refractivity contribution in [1.82, 2.24) is 0 Å². The second-order valence-corrected chi connectivity index (χ2v) is 3.67. The molecule has 0 saturated carbocycles. The molecule has 0 spiro atoms. The first-order valence-corrected chi connectivity index (χ1v) is 5.67. The number of carbonyl (C=O) groups is 1. The van der Waals surface area contributed by atoms with Crippen LogP contribution in [-0.2, 0) is 4.79 Å².